The molecule has 2 saturated carbocycles. The van der Waals surface area contributed by atoms with Crippen LogP contribution in [0.1, 0.15) is 85.5 Å². The van der Waals surface area contributed by atoms with Gasteiger partial charge < -0.3 is 35.8 Å². The minimum absolute atomic E-state index is 0.00754. The molecule has 3 aliphatic rings. The van der Waals surface area contributed by atoms with Crippen molar-refractivity contribution in [3.63, 3.8) is 0 Å². The number of primary amides is 1. The van der Waals surface area contributed by atoms with E-state index in [1.807, 2.05) is 19.0 Å². The normalized spacial score (nSPS) is 26.7. The summed E-state index contributed by atoms with van der Waals surface area (Å²) in [4.78, 5) is 68.2. The molecule has 12 heteroatoms. The molecule has 1 heterocycles. The van der Waals surface area contributed by atoms with Crippen molar-refractivity contribution in [3.05, 3.63) is 0 Å². The van der Waals surface area contributed by atoms with Gasteiger partial charge in [-0.2, -0.15) is 0 Å². The Morgan fingerprint density at radius 3 is 2.26 bits per heavy atom. The molecule has 3 fully saturated rings. The van der Waals surface area contributed by atoms with Crippen molar-refractivity contribution < 1.29 is 38.6 Å². The number of nitrogens with one attached hydrogen (secondary N) is 2. The van der Waals surface area contributed by atoms with Crippen LogP contribution in [0, 0.1) is 46.3 Å². The van der Waals surface area contributed by atoms with E-state index in [0.29, 0.717) is 36.6 Å². The van der Waals surface area contributed by atoms with Gasteiger partial charge in [0.25, 0.3) is 0 Å². The first-order valence-electron chi connectivity index (χ1n) is 17.1. The molecule has 46 heavy (non-hydrogen) atoms. The number of hydrogen-bond donors (Lipinski definition) is 4. The zero-order valence-corrected chi connectivity index (χ0v) is 28.8. The van der Waals surface area contributed by atoms with Crippen molar-refractivity contribution in [2.45, 2.75) is 91.6 Å². The number of nitrogens with two attached hydrogens (primary N) is 1. The molecule has 0 spiro atoms. The van der Waals surface area contributed by atoms with Crippen LogP contribution in [-0.2, 0) is 33.4 Å². The molecule has 0 aromatic heterocycles. The molecule has 2 aliphatic carbocycles. The summed E-state index contributed by atoms with van der Waals surface area (Å²) in [5, 5.41) is 15.1. The number of aliphatic hydroxyl groups is 1. The number of esters is 2. The highest BCUT2D eigenvalue weighted by molar-refractivity contribution is 5.86. The van der Waals surface area contributed by atoms with Gasteiger partial charge in [0, 0.05) is 36.8 Å². The predicted octanol–water partition coefficient (Wildman–Crippen LogP) is 2.01. The molecule has 262 valence electrons. The van der Waals surface area contributed by atoms with E-state index in [-0.39, 0.29) is 51.3 Å². The summed E-state index contributed by atoms with van der Waals surface area (Å²) < 4.78 is 10.7. The second-order valence-corrected chi connectivity index (χ2v) is 15.2. The maximum Gasteiger partial charge on any atom is 0.347 e. The molecule has 1 saturated heterocycles. The van der Waals surface area contributed by atoms with E-state index < -0.39 is 52.5 Å². The SMILES string of the molecule is CC1C2CCC(C2)C1CC(CC(C)(CC(CC(C)(C)C(=O)NCCCN(C)C)C(=O)NCCO)C(=O)OC1CCOC1=O)C(N)=O. The maximum atomic E-state index is 14.0. The number of nitrogens with zero attached hydrogens (tertiary/aromatic N) is 1. The van der Waals surface area contributed by atoms with Gasteiger partial charge in [-0.15, -0.1) is 0 Å². The van der Waals surface area contributed by atoms with Gasteiger partial charge in [-0.3, -0.25) is 19.2 Å². The van der Waals surface area contributed by atoms with E-state index in [9.17, 15) is 29.1 Å². The molecule has 0 aromatic carbocycles. The highest BCUT2D eigenvalue weighted by Gasteiger charge is 2.49. The number of carbonyl (C=O) groups excluding carboxylic acids is 5. The summed E-state index contributed by atoms with van der Waals surface area (Å²) in [5.74, 6) is -2.01. The lowest BCUT2D eigenvalue weighted by Gasteiger charge is -2.37. The smallest absolute Gasteiger partial charge is 0.347 e. The first-order valence-corrected chi connectivity index (χ1v) is 17.1. The number of aliphatic hydroxyl groups excluding tert-OH is 1. The Balaban J connectivity index is 1.87. The zero-order chi connectivity index (χ0) is 34.2. The fourth-order valence-corrected chi connectivity index (χ4v) is 8.05. The molecule has 3 rings (SSSR count). The van der Waals surface area contributed by atoms with E-state index in [2.05, 4.69) is 17.6 Å². The van der Waals surface area contributed by atoms with Gasteiger partial charge in [0.2, 0.25) is 23.8 Å². The Bertz CT molecular complexity index is 1100. The topological polar surface area (TPSA) is 177 Å². The predicted molar refractivity (Wildman–Crippen MR) is 172 cm³/mol. The Morgan fingerprint density at radius 1 is 1.02 bits per heavy atom. The summed E-state index contributed by atoms with van der Waals surface area (Å²) in [6, 6.07) is 0. The van der Waals surface area contributed by atoms with Crippen LogP contribution in [0.25, 0.3) is 0 Å². The molecular weight excluding hydrogens is 592 g/mol. The first kappa shape index (κ1) is 37.7. The highest BCUT2D eigenvalue weighted by atomic mass is 16.6. The minimum atomic E-state index is -1.39. The van der Waals surface area contributed by atoms with E-state index in [1.54, 1.807) is 20.8 Å². The van der Waals surface area contributed by atoms with Gasteiger partial charge in [0.1, 0.15) is 0 Å². The van der Waals surface area contributed by atoms with Crippen LogP contribution in [-0.4, -0.2) is 92.7 Å². The van der Waals surface area contributed by atoms with E-state index in [1.165, 1.54) is 6.42 Å². The van der Waals surface area contributed by atoms with Crippen LogP contribution in [0.4, 0.5) is 0 Å². The van der Waals surface area contributed by atoms with Gasteiger partial charge in [0.05, 0.1) is 18.6 Å². The Hall–Kier alpha value is -2.73. The van der Waals surface area contributed by atoms with Crippen LogP contribution in [0.5, 0.6) is 0 Å². The second-order valence-electron chi connectivity index (χ2n) is 15.2. The molecule has 12 nitrogen and oxygen atoms in total. The average Bonchev–Trinajstić information content (AvgIpc) is 3.70. The third-order valence-electron chi connectivity index (χ3n) is 10.7. The summed E-state index contributed by atoms with van der Waals surface area (Å²) in [7, 11) is 3.92. The number of cyclic esters (lactones) is 1. The van der Waals surface area contributed by atoms with Crippen molar-refractivity contribution in [1.82, 2.24) is 15.5 Å². The number of fused-ring (bicyclic) bond motifs is 2. The van der Waals surface area contributed by atoms with Crippen LogP contribution in [0.3, 0.4) is 0 Å². The number of ether oxygens (including phenoxy) is 2. The summed E-state index contributed by atoms with van der Waals surface area (Å²) >= 11 is 0. The van der Waals surface area contributed by atoms with Gasteiger partial charge in [-0.25, -0.2) is 4.79 Å². The lowest BCUT2D eigenvalue weighted by Crippen LogP contribution is -2.46. The van der Waals surface area contributed by atoms with Gasteiger partial charge in [0.15, 0.2) is 0 Å². The minimum Gasteiger partial charge on any atom is -0.463 e. The molecule has 0 radical (unpaired) electrons. The van der Waals surface area contributed by atoms with Crippen LogP contribution in [0.15, 0.2) is 0 Å². The van der Waals surface area contributed by atoms with Crippen LogP contribution >= 0.6 is 0 Å². The third-order valence-corrected chi connectivity index (χ3v) is 10.7. The molecular formula is C34H58N4O8. The van der Waals surface area contributed by atoms with Crippen LogP contribution in [0.2, 0.25) is 0 Å². The van der Waals surface area contributed by atoms with Gasteiger partial charge in [-0.05, 0) is 103 Å². The largest absolute Gasteiger partial charge is 0.463 e. The van der Waals surface area contributed by atoms with Gasteiger partial charge in [-0.1, -0.05) is 20.8 Å². The highest BCUT2D eigenvalue weighted by Crippen LogP contribution is 2.55. The van der Waals surface area contributed by atoms with Gasteiger partial charge >= 0.3 is 11.9 Å². The molecule has 5 N–H and O–H groups in total. The van der Waals surface area contributed by atoms with Crippen molar-refractivity contribution >= 4 is 29.7 Å². The number of amides is 3. The summed E-state index contributed by atoms with van der Waals surface area (Å²) in [5.41, 5.74) is 3.63. The van der Waals surface area contributed by atoms with Crippen molar-refractivity contribution in [3.8, 4) is 0 Å². The Labute approximate surface area is 274 Å². The number of carbonyl (C=O) groups is 5. The molecule has 8 unspecified atom stereocenters. The van der Waals surface area contributed by atoms with Crippen LogP contribution < -0.4 is 16.4 Å². The maximum absolute atomic E-state index is 14.0. The molecule has 0 aromatic rings. The van der Waals surface area contributed by atoms with E-state index in [4.69, 9.17) is 15.2 Å². The van der Waals surface area contributed by atoms with E-state index >= 15 is 0 Å². The second kappa shape index (κ2) is 16.4. The number of hydrogen-bond acceptors (Lipinski definition) is 9. The van der Waals surface area contributed by atoms with Crippen molar-refractivity contribution in [2.24, 2.45) is 52.1 Å². The quantitative estimate of drug-likeness (QED) is 0.120. The Kier molecular flexibility index (Phi) is 13.4. The summed E-state index contributed by atoms with van der Waals surface area (Å²) in [6.45, 7) is 8.58. The Morgan fingerprint density at radius 2 is 1.70 bits per heavy atom. The standard InChI is InChI=1S/C34H58N4O8/c1-21-22-8-9-23(16-22)26(21)17-24(28(35)40)19-34(4,32(44)46-27-10-15-45-30(27)42)20-25(29(41)36-12-14-39)18-33(2,3)31(43)37-11-7-13-38(5)6/h21-27,39H,7-20H2,1-6H3,(H2,35,40)(H,36,41)(H,37,43). The molecule has 2 bridgehead atoms. The van der Waals surface area contributed by atoms with Crippen molar-refractivity contribution in [1.29, 1.82) is 0 Å². The molecule has 3 amide bonds. The summed E-state index contributed by atoms with van der Waals surface area (Å²) in [6.07, 6.45) is 4.07. The fraction of sp³-hybridized carbons (Fsp3) is 0.853. The fourth-order valence-electron chi connectivity index (χ4n) is 8.05. The zero-order valence-electron chi connectivity index (χ0n) is 28.8. The third kappa shape index (κ3) is 9.89. The lowest BCUT2D eigenvalue weighted by molar-refractivity contribution is -0.170. The molecule has 1 aliphatic heterocycles. The lowest BCUT2D eigenvalue weighted by atomic mass is 9.67. The average molecular weight is 651 g/mol. The monoisotopic (exact) mass is 650 g/mol. The molecule has 8 atom stereocenters. The van der Waals surface area contributed by atoms with E-state index in [0.717, 1.165) is 25.8 Å². The van der Waals surface area contributed by atoms with Crippen molar-refractivity contribution in [2.75, 3.05) is 46.9 Å². The number of rotatable bonds is 19. The first-order chi connectivity index (χ1) is 21.6.